The molecule has 0 amide bonds. The Morgan fingerprint density at radius 2 is 2.40 bits per heavy atom. The Morgan fingerprint density at radius 1 is 1.67 bits per heavy atom. The first-order valence-electron chi connectivity index (χ1n) is 4.40. The highest BCUT2D eigenvalue weighted by atomic mass is 32.1. The number of rotatable bonds is 3. The average Bonchev–Trinajstić information content (AvgIpc) is 2.18. The highest BCUT2D eigenvalue weighted by Crippen LogP contribution is 2.22. The van der Waals surface area contributed by atoms with Crippen LogP contribution in [0.15, 0.2) is 18.2 Å². The third-order valence-electron chi connectivity index (χ3n) is 1.67. The number of anilines is 1. The number of benzene rings is 1. The van der Waals surface area contributed by atoms with Crippen LogP contribution < -0.4 is 15.8 Å². The second-order valence-electron chi connectivity index (χ2n) is 2.75. The fourth-order valence-electron chi connectivity index (χ4n) is 1.11. The van der Waals surface area contributed by atoms with Gasteiger partial charge in [-0.15, -0.1) is 0 Å². The van der Waals surface area contributed by atoms with Gasteiger partial charge in [0.2, 0.25) is 0 Å². The minimum absolute atomic E-state index is 0.183. The predicted molar refractivity (Wildman–Crippen MR) is 62.7 cm³/mol. The molecule has 0 bridgehead atoms. The van der Waals surface area contributed by atoms with Crippen LogP contribution in [0.25, 0.3) is 0 Å². The molecule has 4 nitrogen and oxygen atoms in total. The van der Waals surface area contributed by atoms with Crippen molar-refractivity contribution in [2.24, 2.45) is 5.73 Å². The number of nitrogens with one attached hydrogen (secondary N) is 1. The number of ether oxygens (including phenoxy) is 1. The summed E-state index contributed by atoms with van der Waals surface area (Å²) >= 11 is 4.71. The van der Waals surface area contributed by atoms with Crippen molar-refractivity contribution in [3.05, 3.63) is 23.8 Å². The molecule has 78 valence electrons. The minimum atomic E-state index is 0.183. The van der Waals surface area contributed by atoms with Gasteiger partial charge in [0.05, 0.1) is 12.2 Å². The first kappa shape index (κ1) is 11.3. The topological polar surface area (TPSA) is 71.1 Å². The molecule has 0 aromatic heterocycles. The average molecular weight is 221 g/mol. The lowest BCUT2D eigenvalue weighted by Crippen LogP contribution is -2.18. The van der Waals surface area contributed by atoms with Crippen LogP contribution in [-0.2, 0) is 0 Å². The van der Waals surface area contributed by atoms with Gasteiger partial charge in [-0.25, -0.2) is 0 Å². The van der Waals surface area contributed by atoms with E-state index in [4.69, 9.17) is 28.0 Å². The summed E-state index contributed by atoms with van der Waals surface area (Å²) < 4.78 is 5.30. The zero-order chi connectivity index (χ0) is 11.3. The summed E-state index contributed by atoms with van der Waals surface area (Å²) in [4.78, 5) is 0. The van der Waals surface area contributed by atoms with E-state index in [9.17, 15) is 0 Å². The van der Waals surface area contributed by atoms with Crippen LogP contribution in [0, 0.1) is 11.3 Å². The summed E-state index contributed by atoms with van der Waals surface area (Å²) in [6.07, 6.45) is 0. The summed E-state index contributed by atoms with van der Waals surface area (Å²) in [5, 5.41) is 11.8. The van der Waals surface area contributed by atoms with Gasteiger partial charge in [0, 0.05) is 11.8 Å². The number of nitrogens with zero attached hydrogens (tertiary/aromatic N) is 1. The molecule has 0 aliphatic rings. The molecular weight excluding hydrogens is 210 g/mol. The summed E-state index contributed by atoms with van der Waals surface area (Å²) in [6.45, 7) is 2.36. The van der Waals surface area contributed by atoms with Gasteiger partial charge in [-0.3, -0.25) is 0 Å². The van der Waals surface area contributed by atoms with Gasteiger partial charge >= 0.3 is 0 Å². The molecule has 0 aliphatic heterocycles. The zero-order valence-electron chi connectivity index (χ0n) is 8.28. The van der Waals surface area contributed by atoms with Gasteiger partial charge in [0.1, 0.15) is 11.8 Å². The van der Waals surface area contributed by atoms with Gasteiger partial charge in [-0.2, -0.15) is 5.26 Å². The van der Waals surface area contributed by atoms with Gasteiger partial charge < -0.3 is 15.8 Å². The largest absolute Gasteiger partial charge is 0.492 e. The fraction of sp³-hybridized carbons (Fsp3) is 0.200. The van der Waals surface area contributed by atoms with E-state index >= 15 is 0 Å². The lowest BCUT2D eigenvalue weighted by Gasteiger charge is -2.08. The van der Waals surface area contributed by atoms with E-state index in [2.05, 4.69) is 5.32 Å². The van der Waals surface area contributed by atoms with Crippen LogP contribution in [0.4, 0.5) is 5.69 Å². The molecule has 0 radical (unpaired) electrons. The number of hydrogen-bond donors (Lipinski definition) is 2. The molecule has 0 atom stereocenters. The van der Waals surface area contributed by atoms with E-state index in [0.29, 0.717) is 23.6 Å². The number of nitriles is 1. The third-order valence-corrected chi connectivity index (χ3v) is 1.77. The van der Waals surface area contributed by atoms with Gasteiger partial charge in [0.25, 0.3) is 0 Å². The summed E-state index contributed by atoms with van der Waals surface area (Å²) in [5.74, 6) is 0.529. The van der Waals surface area contributed by atoms with E-state index in [0.717, 1.165) is 0 Å². The maximum Gasteiger partial charge on any atom is 0.168 e. The van der Waals surface area contributed by atoms with Crippen molar-refractivity contribution in [1.29, 1.82) is 5.26 Å². The highest BCUT2D eigenvalue weighted by Gasteiger charge is 2.04. The van der Waals surface area contributed by atoms with Crippen LogP contribution in [0.3, 0.4) is 0 Å². The van der Waals surface area contributed by atoms with Crippen molar-refractivity contribution in [3.63, 3.8) is 0 Å². The molecule has 0 saturated heterocycles. The Labute approximate surface area is 93.6 Å². The molecule has 1 aromatic carbocycles. The molecule has 0 spiro atoms. The third kappa shape index (κ3) is 3.11. The molecule has 1 rings (SSSR count). The first-order valence-corrected chi connectivity index (χ1v) is 4.81. The van der Waals surface area contributed by atoms with Gasteiger partial charge in [-0.1, -0.05) is 0 Å². The van der Waals surface area contributed by atoms with Crippen molar-refractivity contribution in [2.75, 3.05) is 11.9 Å². The molecule has 0 aliphatic carbocycles. The van der Waals surface area contributed by atoms with E-state index in [1.165, 1.54) is 0 Å². The number of hydrogen-bond acceptors (Lipinski definition) is 3. The maximum atomic E-state index is 8.82. The Kier molecular flexibility index (Phi) is 3.89. The van der Waals surface area contributed by atoms with Crippen molar-refractivity contribution < 1.29 is 4.74 Å². The fourth-order valence-corrected chi connectivity index (χ4v) is 1.23. The van der Waals surface area contributed by atoms with Crippen LogP contribution in [-0.4, -0.2) is 11.7 Å². The quantitative estimate of drug-likeness (QED) is 0.759. The van der Waals surface area contributed by atoms with Crippen molar-refractivity contribution in [2.45, 2.75) is 6.92 Å². The van der Waals surface area contributed by atoms with Crippen LogP contribution in [0.2, 0.25) is 0 Å². The van der Waals surface area contributed by atoms with Crippen LogP contribution >= 0.6 is 12.2 Å². The summed E-state index contributed by atoms with van der Waals surface area (Å²) in [6, 6.07) is 7.12. The molecule has 15 heavy (non-hydrogen) atoms. The molecule has 3 N–H and O–H groups in total. The number of nitrogens with two attached hydrogens (primary N) is 1. The zero-order valence-corrected chi connectivity index (χ0v) is 9.10. The smallest absolute Gasteiger partial charge is 0.168 e. The van der Waals surface area contributed by atoms with Gasteiger partial charge in [-0.05, 0) is 31.3 Å². The first-order chi connectivity index (χ1) is 7.17. The van der Waals surface area contributed by atoms with Crippen LogP contribution in [0.1, 0.15) is 12.5 Å². The molecular formula is C10H11N3OS. The van der Waals surface area contributed by atoms with Gasteiger partial charge in [0.15, 0.2) is 5.11 Å². The lowest BCUT2D eigenvalue weighted by molar-refractivity contribution is 0.339. The Bertz CT molecular complexity index is 412. The van der Waals surface area contributed by atoms with Crippen molar-refractivity contribution >= 4 is 23.0 Å². The number of thiocarbonyl (C=S) groups is 1. The SMILES string of the molecule is CCOc1cc(NC(N)=S)ccc1C#N. The van der Waals surface area contributed by atoms with Crippen molar-refractivity contribution in [3.8, 4) is 11.8 Å². The Balaban J connectivity index is 3.00. The van der Waals surface area contributed by atoms with Crippen LogP contribution in [0.5, 0.6) is 5.75 Å². The lowest BCUT2D eigenvalue weighted by atomic mass is 10.2. The van der Waals surface area contributed by atoms with E-state index in [-0.39, 0.29) is 5.11 Å². The summed E-state index contributed by atoms with van der Waals surface area (Å²) in [7, 11) is 0. The Hall–Kier alpha value is -1.80. The molecule has 0 fully saturated rings. The maximum absolute atomic E-state index is 8.82. The standard InChI is InChI=1S/C10H11N3OS/c1-2-14-9-5-8(13-10(12)15)4-3-7(9)6-11/h3-5H,2H2,1H3,(H3,12,13,15). The summed E-state index contributed by atoms with van der Waals surface area (Å²) in [5.41, 5.74) is 6.54. The second kappa shape index (κ2) is 5.17. The monoisotopic (exact) mass is 221 g/mol. The molecule has 5 heteroatoms. The van der Waals surface area contributed by atoms with E-state index < -0.39 is 0 Å². The minimum Gasteiger partial charge on any atom is -0.492 e. The van der Waals surface area contributed by atoms with Crippen molar-refractivity contribution in [1.82, 2.24) is 0 Å². The predicted octanol–water partition coefficient (Wildman–Crippen LogP) is 1.61. The normalized spacial score (nSPS) is 9.07. The van der Waals surface area contributed by atoms with E-state index in [1.54, 1.807) is 18.2 Å². The highest BCUT2D eigenvalue weighted by molar-refractivity contribution is 7.80. The molecule has 0 heterocycles. The second-order valence-corrected chi connectivity index (χ2v) is 3.18. The van der Waals surface area contributed by atoms with E-state index in [1.807, 2.05) is 13.0 Å². The molecule has 0 unspecified atom stereocenters. The molecule has 1 aromatic rings. The molecule has 0 saturated carbocycles. The Morgan fingerprint density at radius 3 is 2.93 bits per heavy atom.